The predicted molar refractivity (Wildman–Crippen MR) is 152 cm³/mol. The number of piperidine rings is 1. The number of anilines is 2. The summed E-state index contributed by atoms with van der Waals surface area (Å²) in [5.41, 5.74) is 3.73. The Labute approximate surface area is 227 Å². The van der Waals surface area contributed by atoms with Crippen LogP contribution < -0.4 is 10.2 Å². The lowest BCUT2D eigenvalue weighted by atomic mass is 9.96. The number of ether oxygens (including phenoxy) is 1. The zero-order chi connectivity index (χ0) is 25.9. The molecule has 1 aromatic carbocycles. The molecule has 1 amide bonds. The number of amides is 1. The average Bonchev–Trinajstić information content (AvgIpc) is 3.73. The molecule has 1 saturated carbocycles. The molecule has 0 atom stereocenters. The van der Waals surface area contributed by atoms with Crippen molar-refractivity contribution in [3.63, 3.8) is 0 Å². The fourth-order valence-electron chi connectivity index (χ4n) is 6.20. The van der Waals surface area contributed by atoms with Crippen molar-refractivity contribution in [1.29, 1.82) is 0 Å². The van der Waals surface area contributed by atoms with E-state index in [2.05, 4.69) is 55.0 Å². The second kappa shape index (κ2) is 11.8. The molecular formula is C29H45N7O2. The van der Waals surface area contributed by atoms with Gasteiger partial charge < -0.3 is 24.8 Å². The van der Waals surface area contributed by atoms with E-state index < -0.39 is 0 Å². The van der Waals surface area contributed by atoms with Crippen molar-refractivity contribution < 1.29 is 9.53 Å². The van der Waals surface area contributed by atoms with Crippen molar-refractivity contribution in [2.75, 3.05) is 95.9 Å². The third-order valence-corrected chi connectivity index (χ3v) is 9.00. The number of piperazine rings is 1. The highest BCUT2D eigenvalue weighted by Crippen LogP contribution is 2.34. The van der Waals surface area contributed by atoms with E-state index >= 15 is 0 Å². The molecule has 3 saturated heterocycles. The van der Waals surface area contributed by atoms with Gasteiger partial charge in [0.1, 0.15) is 0 Å². The number of likely N-dealkylation sites (N-methyl/N-ethyl adjacent to an activating group) is 1. The summed E-state index contributed by atoms with van der Waals surface area (Å²) >= 11 is 0. The maximum atomic E-state index is 12.5. The molecule has 0 bridgehead atoms. The van der Waals surface area contributed by atoms with Crippen LogP contribution in [0.25, 0.3) is 10.9 Å². The van der Waals surface area contributed by atoms with Crippen molar-refractivity contribution in [2.45, 2.75) is 38.6 Å². The fraction of sp³-hybridized carbons (Fsp3) is 0.724. The van der Waals surface area contributed by atoms with E-state index in [1.807, 2.05) is 0 Å². The van der Waals surface area contributed by atoms with Crippen molar-refractivity contribution in [3.05, 3.63) is 18.3 Å². The molecule has 208 valence electrons. The van der Waals surface area contributed by atoms with Crippen LogP contribution in [-0.4, -0.2) is 116 Å². The maximum absolute atomic E-state index is 12.5. The van der Waals surface area contributed by atoms with Crippen LogP contribution in [-0.2, 0) is 16.1 Å². The van der Waals surface area contributed by atoms with Crippen LogP contribution in [0, 0.1) is 11.8 Å². The molecule has 4 aliphatic rings. The van der Waals surface area contributed by atoms with E-state index in [1.165, 1.54) is 22.3 Å². The molecule has 1 aliphatic carbocycles. The molecule has 0 spiro atoms. The van der Waals surface area contributed by atoms with Crippen LogP contribution in [0.5, 0.6) is 0 Å². The number of fused-ring (bicyclic) bond motifs is 1. The monoisotopic (exact) mass is 523 g/mol. The summed E-state index contributed by atoms with van der Waals surface area (Å²) in [6.45, 7) is 12.9. The van der Waals surface area contributed by atoms with Gasteiger partial charge in [-0.25, -0.2) is 0 Å². The summed E-state index contributed by atoms with van der Waals surface area (Å²) in [5.74, 6) is 1.34. The van der Waals surface area contributed by atoms with Gasteiger partial charge in [0.25, 0.3) is 0 Å². The van der Waals surface area contributed by atoms with Crippen LogP contribution in [0.15, 0.2) is 18.3 Å². The zero-order valence-corrected chi connectivity index (χ0v) is 23.1. The molecule has 6 rings (SSSR count). The van der Waals surface area contributed by atoms with Gasteiger partial charge in [0, 0.05) is 94.7 Å². The van der Waals surface area contributed by atoms with Crippen LogP contribution in [0.1, 0.15) is 32.1 Å². The average molecular weight is 524 g/mol. The van der Waals surface area contributed by atoms with Crippen molar-refractivity contribution in [2.24, 2.45) is 11.8 Å². The third-order valence-electron chi connectivity index (χ3n) is 9.00. The molecule has 38 heavy (non-hydrogen) atoms. The highest BCUT2D eigenvalue weighted by atomic mass is 16.5. The number of hydrogen-bond donors (Lipinski definition) is 1. The minimum atomic E-state index is 0.334. The Morgan fingerprint density at radius 3 is 2.47 bits per heavy atom. The number of hydrogen-bond acceptors (Lipinski definition) is 7. The Morgan fingerprint density at radius 2 is 1.74 bits per heavy atom. The Hall–Kier alpha value is -2.36. The standard InChI is InChI=1S/C29H45N7O2/c1-32-11-13-34(14-12-32)25-19-27(30-21-23-5-9-35(10-6-23)29(37)24-3-4-24)26-22-31-36(28(26)20-25)8-2-7-33-15-17-38-18-16-33/h19-20,22-24,30H,2-18,21H2,1H3. The number of nitrogens with zero attached hydrogens (tertiary/aromatic N) is 6. The first-order valence-electron chi connectivity index (χ1n) is 14.9. The fourth-order valence-corrected chi connectivity index (χ4v) is 6.20. The van der Waals surface area contributed by atoms with Crippen molar-refractivity contribution in [3.8, 4) is 0 Å². The number of aromatic nitrogens is 2. The van der Waals surface area contributed by atoms with E-state index in [9.17, 15) is 4.79 Å². The molecule has 2 aromatic rings. The number of carbonyl (C=O) groups excluding carboxylic acids is 1. The molecule has 4 heterocycles. The van der Waals surface area contributed by atoms with Gasteiger partial charge in [0.2, 0.25) is 5.91 Å². The van der Waals surface area contributed by atoms with E-state index in [0.717, 1.165) is 117 Å². The number of benzene rings is 1. The molecule has 0 unspecified atom stereocenters. The molecule has 1 N–H and O–H groups in total. The van der Waals surface area contributed by atoms with Gasteiger partial charge in [-0.3, -0.25) is 14.4 Å². The summed E-state index contributed by atoms with van der Waals surface area (Å²) in [7, 11) is 2.21. The van der Waals surface area contributed by atoms with Crippen LogP contribution >= 0.6 is 0 Å². The van der Waals surface area contributed by atoms with Gasteiger partial charge in [-0.15, -0.1) is 0 Å². The number of nitrogens with one attached hydrogen (secondary N) is 1. The lowest BCUT2D eigenvalue weighted by Crippen LogP contribution is -2.44. The van der Waals surface area contributed by atoms with E-state index in [0.29, 0.717) is 17.7 Å². The topological polar surface area (TPSA) is 69.1 Å². The second-order valence-corrected chi connectivity index (χ2v) is 11.8. The van der Waals surface area contributed by atoms with E-state index in [4.69, 9.17) is 9.84 Å². The number of carbonyl (C=O) groups is 1. The first kappa shape index (κ1) is 25.9. The van der Waals surface area contributed by atoms with Crippen LogP contribution in [0.4, 0.5) is 11.4 Å². The number of rotatable bonds is 9. The summed E-state index contributed by atoms with van der Waals surface area (Å²) in [6, 6.07) is 4.70. The van der Waals surface area contributed by atoms with Gasteiger partial charge in [-0.05, 0) is 57.2 Å². The lowest BCUT2D eigenvalue weighted by molar-refractivity contribution is -0.133. The van der Waals surface area contributed by atoms with Crippen LogP contribution in [0.3, 0.4) is 0 Å². The summed E-state index contributed by atoms with van der Waals surface area (Å²) in [4.78, 5) is 22.0. The van der Waals surface area contributed by atoms with Gasteiger partial charge in [0.15, 0.2) is 0 Å². The Balaban J connectivity index is 1.14. The zero-order valence-electron chi connectivity index (χ0n) is 23.1. The molecule has 9 nitrogen and oxygen atoms in total. The van der Waals surface area contributed by atoms with Gasteiger partial charge in [0.05, 0.1) is 24.9 Å². The molecule has 3 aliphatic heterocycles. The highest BCUT2D eigenvalue weighted by molar-refractivity contribution is 5.95. The minimum absolute atomic E-state index is 0.334. The normalized spacial score (nSPS) is 22.3. The molecule has 1 aromatic heterocycles. The summed E-state index contributed by atoms with van der Waals surface area (Å²) < 4.78 is 7.71. The number of morpholine rings is 1. The number of aryl methyl sites for hydroxylation is 1. The number of likely N-dealkylation sites (tertiary alicyclic amines) is 1. The van der Waals surface area contributed by atoms with E-state index in [1.54, 1.807) is 0 Å². The molecular weight excluding hydrogens is 478 g/mol. The van der Waals surface area contributed by atoms with Crippen molar-refractivity contribution >= 4 is 28.2 Å². The summed E-state index contributed by atoms with van der Waals surface area (Å²) in [6.07, 6.45) is 7.52. The quantitative estimate of drug-likeness (QED) is 0.542. The Bertz CT molecular complexity index is 1080. The maximum Gasteiger partial charge on any atom is 0.225 e. The Kier molecular flexibility index (Phi) is 8.04. The molecule has 9 heteroatoms. The lowest BCUT2D eigenvalue weighted by Gasteiger charge is -2.34. The smallest absolute Gasteiger partial charge is 0.225 e. The van der Waals surface area contributed by atoms with Gasteiger partial charge >= 0.3 is 0 Å². The second-order valence-electron chi connectivity index (χ2n) is 11.8. The SMILES string of the molecule is CN1CCN(c2cc(NCC3CCN(C(=O)C4CC4)CC3)c3cnn(CCCN4CCOCC4)c3c2)CC1. The highest BCUT2D eigenvalue weighted by Gasteiger charge is 2.34. The summed E-state index contributed by atoms with van der Waals surface area (Å²) in [5, 5.41) is 9.89. The first-order chi connectivity index (χ1) is 18.6. The Morgan fingerprint density at radius 1 is 0.974 bits per heavy atom. The predicted octanol–water partition coefficient (Wildman–Crippen LogP) is 2.57. The van der Waals surface area contributed by atoms with Gasteiger partial charge in [-0.1, -0.05) is 0 Å². The third kappa shape index (κ3) is 6.10. The molecule has 0 radical (unpaired) electrons. The van der Waals surface area contributed by atoms with E-state index in [-0.39, 0.29) is 0 Å². The van der Waals surface area contributed by atoms with Crippen LogP contribution in [0.2, 0.25) is 0 Å². The molecule has 4 fully saturated rings. The van der Waals surface area contributed by atoms with Gasteiger partial charge in [-0.2, -0.15) is 5.10 Å². The minimum Gasteiger partial charge on any atom is -0.384 e. The first-order valence-corrected chi connectivity index (χ1v) is 14.9. The largest absolute Gasteiger partial charge is 0.384 e. The van der Waals surface area contributed by atoms with Crippen molar-refractivity contribution in [1.82, 2.24) is 24.5 Å².